The van der Waals surface area contributed by atoms with Crippen LogP contribution in [0, 0.1) is 0 Å². The van der Waals surface area contributed by atoms with Gasteiger partial charge in [0.05, 0.1) is 19.3 Å². The summed E-state index contributed by atoms with van der Waals surface area (Å²) in [5.74, 6) is 0.801. The standard InChI is InChI=1S/C14H23NO3/c1-14(2,17-4)7-8-18-10-11-9-12(15)5-6-13(11)16-3/h5-6,9H,7-8,10,15H2,1-4H3. The van der Waals surface area contributed by atoms with Crippen LogP contribution in [0.2, 0.25) is 0 Å². The Morgan fingerprint density at radius 1 is 1.22 bits per heavy atom. The van der Waals surface area contributed by atoms with Gasteiger partial charge in [-0.25, -0.2) is 0 Å². The molecule has 1 aromatic carbocycles. The van der Waals surface area contributed by atoms with E-state index in [0.29, 0.717) is 18.9 Å². The lowest BCUT2D eigenvalue weighted by Gasteiger charge is -2.22. The topological polar surface area (TPSA) is 53.7 Å². The lowest BCUT2D eigenvalue weighted by Crippen LogP contribution is -2.24. The molecule has 0 amide bonds. The van der Waals surface area contributed by atoms with Gasteiger partial charge in [0.1, 0.15) is 5.75 Å². The number of methoxy groups -OCH3 is 2. The van der Waals surface area contributed by atoms with Gasteiger partial charge in [-0.2, -0.15) is 0 Å². The van der Waals surface area contributed by atoms with Gasteiger partial charge in [-0.1, -0.05) is 0 Å². The quantitative estimate of drug-likeness (QED) is 0.599. The van der Waals surface area contributed by atoms with Crippen LogP contribution in [0.25, 0.3) is 0 Å². The number of hydrogen-bond acceptors (Lipinski definition) is 4. The van der Waals surface area contributed by atoms with Crippen molar-refractivity contribution >= 4 is 5.69 Å². The van der Waals surface area contributed by atoms with Crippen LogP contribution in [-0.4, -0.2) is 26.4 Å². The summed E-state index contributed by atoms with van der Waals surface area (Å²) in [6.07, 6.45) is 0.841. The Hall–Kier alpha value is -1.26. The predicted octanol–water partition coefficient (Wildman–Crippen LogP) is 2.61. The third-order valence-electron chi connectivity index (χ3n) is 2.96. The lowest BCUT2D eigenvalue weighted by atomic mass is 10.1. The summed E-state index contributed by atoms with van der Waals surface area (Å²) in [5, 5.41) is 0. The van der Waals surface area contributed by atoms with Crippen molar-refractivity contribution in [2.45, 2.75) is 32.5 Å². The molecule has 102 valence electrons. The van der Waals surface area contributed by atoms with Crippen LogP contribution in [0.15, 0.2) is 18.2 Å². The molecule has 0 aliphatic rings. The minimum atomic E-state index is -0.153. The van der Waals surface area contributed by atoms with E-state index in [-0.39, 0.29) is 5.60 Å². The zero-order chi connectivity index (χ0) is 13.6. The van der Waals surface area contributed by atoms with E-state index in [9.17, 15) is 0 Å². The largest absolute Gasteiger partial charge is 0.496 e. The van der Waals surface area contributed by atoms with Gasteiger partial charge < -0.3 is 19.9 Å². The Morgan fingerprint density at radius 3 is 2.56 bits per heavy atom. The van der Waals surface area contributed by atoms with Gasteiger partial charge in [-0.05, 0) is 38.5 Å². The lowest BCUT2D eigenvalue weighted by molar-refractivity contribution is -0.0126. The van der Waals surface area contributed by atoms with Crippen LogP contribution < -0.4 is 10.5 Å². The van der Waals surface area contributed by atoms with Crippen LogP contribution in [0.5, 0.6) is 5.75 Å². The minimum Gasteiger partial charge on any atom is -0.496 e. The monoisotopic (exact) mass is 253 g/mol. The predicted molar refractivity (Wildman–Crippen MR) is 72.8 cm³/mol. The summed E-state index contributed by atoms with van der Waals surface area (Å²) in [6, 6.07) is 5.55. The van der Waals surface area contributed by atoms with Crippen molar-refractivity contribution in [3.63, 3.8) is 0 Å². The number of rotatable bonds is 7. The molecule has 0 aliphatic carbocycles. The molecule has 4 nitrogen and oxygen atoms in total. The second kappa shape index (κ2) is 6.61. The van der Waals surface area contributed by atoms with Crippen LogP contribution in [-0.2, 0) is 16.1 Å². The molecule has 2 N–H and O–H groups in total. The highest BCUT2D eigenvalue weighted by Gasteiger charge is 2.15. The van der Waals surface area contributed by atoms with E-state index in [0.717, 1.165) is 17.7 Å². The number of benzene rings is 1. The molecule has 0 unspecified atom stereocenters. The second-order valence-corrected chi connectivity index (χ2v) is 4.84. The van der Waals surface area contributed by atoms with Crippen LogP contribution >= 0.6 is 0 Å². The van der Waals surface area contributed by atoms with Crippen molar-refractivity contribution in [1.82, 2.24) is 0 Å². The molecule has 0 saturated carbocycles. The highest BCUT2D eigenvalue weighted by atomic mass is 16.5. The number of anilines is 1. The number of nitrogens with two attached hydrogens (primary N) is 1. The summed E-state index contributed by atoms with van der Waals surface area (Å²) in [4.78, 5) is 0. The first-order chi connectivity index (χ1) is 8.48. The molecule has 0 aromatic heterocycles. The Morgan fingerprint density at radius 2 is 1.94 bits per heavy atom. The van der Waals surface area contributed by atoms with Gasteiger partial charge in [0.25, 0.3) is 0 Å². The van der Waals surface area contributed by atoms with E-state index in [4.69, 9.17) is 19.9 Å². The Bertz CT molecular complexity index is 377. The van der Waals surface area contributed by atoms with Crippen LogP contribution in [0.4, 0.5) is 5.69 Å². The van der Waals surface area contributed by atoms with Crippen molar-refractivity contribution in [2.75, 3.05) is 26.6 Å². The van der Waals surface area contributed by atoms with Crippen molar-refractivity contribution in [3.8, 4) is 5.75 Å². The summed E-state index contributed by atoms with van der Waals surface area (Å²) in [5.41, 5.74) is 7.27. The molecule has 0 saturated heterocycles. The number of ether oxygens (including phenoxy) is 3. The van der Waals surface area contributed by atoms with Gasteiger partial charge in [-0.15, -0.1) is 0 Å². The molecule has 1 rings (SSSR count). The summed E-state index contributed by atoms with van der Waals surface area (Å²) in [6.45, 7) is 5.21. The van der Waals surface area contributed by atoms with Crippen LogP contribution in [0.3, 0.4) is 0 Å². The molecule has 0 fully saturated rings. The summed E-state index contributed by atoms with van der Waals surface area (Å²) < 4.78 is 16.2. The molecular weight excluding hydrogens is 230 g/mol. The van der Waals surface area contributed by atoms with Crippen LogP contribution in [0.1, 0.15) is 25.8 Å². The molecule has 0 aliphatic heterocycles. The number of hydrogen-bond donors (Lipinski definition) is 1. The van der Waals surface area contributed by atoms with E-state index < -0.39 is 0 Å². The first-order valence-electron chi connectivity index (χ1n) is 6.04. The second-order valence-electron chi connectivity index (χ2n) is 4.84. The average molecular weight is 253 g/mol. The first kappa shape index (κ1) is 14.8. The Balaban J connectivity index is 2.46. The fourth-order valence-corrected chi connectivity index (χ4v) is 1.51. The first-order valence-corrected chi connectivity index (χ1v) is 6.04. The summed E-state index contributed by atoms with van der Waals surface area (Å²) in [7, 11) is 3.35. The maximum absolute atomic E-state index is 5.75. The third kappa shape index (κ3) is 4.55. The molecule has 0 heterocycles. The van der Waals surface area contributed by atoms with Gasteiger partial charge >= 0.3 is 0 Å². The highest BCUT2D eigenvalue weighted by Crippen LogP contribution is 2.22. The molecule has 18 heavy (non-hydrogen) atoms. The van der Waals surface area contributed by atoms with Gasteiger partial charge in [0, 0.05) is 25.0 Å². The number of nitrogen functional groups attached to an aromatic ring is 1. The smallest absolute Gasteiger partial charge is 0.124 e. The minimum absolute atomic E-state index is 0.153. The fourth-order valence-electron chi connectivity index (χ4n) is 1.51. The van der Waals surface area contributed by atoms with Gasteiger partial charge in [-0.3, -0.25) is 0 Å². The molecule has 0 atom stereocenters. The zero-order valence-electron chi connectivity index (χ0n) is 11.7. The van der Waals surface area contributed by atoms with Crippen molar-refractivity contribution in [1.29, 1.82) is 0 Å². The zero-order valence-corrected chi connectivity index (χ0v) is 11.7. The average Bonchev–Trinajstić information content (AvgIpc) is 2.35. The van der Waals surface area contributed by atoms with Gasteiger partial charge in [0.2, 0.25) is 0 Å². The Kier molecular flexibility index (Phi) is 5.44. The van der Waals surface area contributed by atoms with Gasteiger partial charge in [0.15, 0.2) is 0 Å². The highest BCUT2D eigenvalue weighted by molar-refractivity contribution is 5.47. The maximum atomic E-state index is 5.75. The molecule has 0 radical (unpaired) electrons. The van der Waals surface area contributed by atoms with E-state index in [1.165, 1.54) is 0 Å². The molecule has 0 bridgehead atoms. The van der Waals surface area contributed by atoms with Crippen molar-refractivity contribution in [2.24, 2.45) is 0 Å². The van der Waals surface area contributed by atoms with Crippen molar-refractivity contribution < 1.29 is 14.2 Å². The van der Waals surface area contributed by atoms with E-state index in [2.05, 4.69) is 0 Å². The SMILES string of the molecule is COc1ccc(N)cc1COCCC(C)(C)OC. The molecule has 0 spiro atoms. The third-order valence-corrected chi connectivity index (χ3v) is 2.96. The van der Waals surface area contributed by atoms with E-state index in [1.807, 2.05) is 32.0 Å². The summed E-state index contributed by atoms with van der Waals surface area (Å²) >= 11 is 0. The van der Waals surface area contributed by atoms with E-state index >= 15 is 0 Å². The van der Waals surface area contributed by atoms with Crippen molar-refractivity contribution in [3.05, 3.63) is 23.8 Å². The fraction of sp³-hybridized carbons (Fsp3) is 0.571. The Labute approximate surface area is 109 Å². The molecule has 1 aromatic rings. The van der Waals surface area contributed by atoms with E-state index in [1.54, 1.807) is 14.2 Å². The molecular formula is C14H23NO3. The molecule has 4 heteroatoms. The normalized spacial score (nSPS) is 11.6. The maximum Gasteiger partial charge on any atom is 0.124 e.